The summed E-state index contributed by atoms with van der Waals surface area (Å²) in [6.07, 6.45) is 0.573. The van der Waals surface area contributed by atoms with Crippen LogP contribution in [-0.2, 0) is 0 Å². The highest BCUT2D eigenvalue weighted by molar-refractivity contribution is 7.59. The van der Waals surface area contributed by atoms with Crippen LogP contribution in [0, 0.1) is 0 Å². The number of pyridine rings is 1. The minimum Gasteiger partial charge on any atom is -0.496 e. The lowest BCUT2D eigenvalue weighted by atomic mass is 9.98. The van der Waals surface area contributed by atoms with Crippen LogP contribution in [0.3, 0.4) is 0 Å². The number of nitrogens with zero attached hydrogens (tertiary/aromatic N) is 3. The van der Waals surface area contributed by atoms with E-state index in [0.29, 0.717) is 35.2 Å². The van der Waals surface area contributed by atoms with Gasteiger partial charge in [-0.25, -0.2) is 23.7 Å². The van der Waals surface area contributed by atoms with Gasteiger partial charge in [0.2, 0.25) is 0 Å². The molecule has 1 aromatic carbocycles. The smallest absolute Gasteiger partial charge is 0.255 e. The van der Waals surface area contributed by atoms with Crippen LogP contribution in [0.15, 0.2) is 48.9 Å². The Hall–Kier alpha value is -3.47. The van der Waals surface area contributed by atoms with Crippen LogP contribution in [0.2, 0.25) is 0 Å². The second-order valence-corrected chi connectivity index (χ2v) is 7.31. The van der Waals surface area contributed by atoms with Gasteiger partial charge in [-0.05, 0) is 29.8 Å². The van der Waals surface area contributed by atoms with E-state index in [4.69, 9.17) is 4.74 Å². The fraction of sp³-hybridized carbons (Fsp3) is 0.304. The molecule has 3 rings (SSSR count). The SMILES string of the molecule is CNC(=O)c1ccc([C@H](C)CNc2cc(-c3ccc(NCC(F)F)nc3)ncn2)c(OC)c1.S. The highest BCUT2D eigenvalue weighted by Gasteiger charge is 2.15. The van der Waals surface area contributed by atoms with E-state index in [0.717, 1.165) is 11.1 Å². The lowest BCUT2D eigenvalue weighted by Crippen LogP contribution is -2.18. The Kier molecular flexibility index (Phi) is 9.99. The zero-order valence-electron chi connectivity index (χ0n) is 19.1. The third-order valence-corrected chi connectivity index (χ3v) is 5.01. The number of rotatable bonds is 10. The molecule has 0 saturated heterocycles. The highest BCUT2D eigenvalue weighted by Crippen LogP contribution is 2.28. The van der Waals surface area contributed by atoms with E-state index >= 15 is 0 Å². The molecule has 0 saturated carbocycles. The van der Waals surface area contributed by atoms with Crippen molar-refractivity contribution >= 4 is 31.0 Å². The number of ether oxygens (including phenoxy) is 1. The zero-order chi connectivity index (χ0) is 23.8. The lowest BCUT2D eigenvalue weighted by Gasteiger charge is -2.17. The maximum atomic E-state index is 12.3. The summed E-state index contributed by atoms with van der Waals surface area (Å²) in [5.41, 5.74) is 2.88. The third kappa shape index (κ3) is 7.01. The highest BCUT2D eigenvalue weighted by atomic mass is 32.1. The van der Waals surface area contributed by atoms with Crippen molar-refractivity contribution in [2.24, 2.45) is 0 Å². The van der Waals surface area contributed by atoms with Crippen LogP contribution in [0.1, 0.15) is 28.8 Å². The summed E-state index contributed by atoms with van der Waals surface area (Å²) in [4.78, 5) is 24.6. The van der Waals surface area contributed by atoms with Crippen LogP contribution < -0.4 is 20.7 Å². The normalized spacial score (nSPS) is 11.4. The van der Waals surface area contributed by atoms with Gasteiger partial charge in [-0.1, -0.05) is 13.0 Å². The molecule has 0 aliphatic heterocycles. The van der Waals surface area contributed by atoms with Crippen LogP contribution in [0.4, 0.5) is 20.4 Å². The quantitative estimate of drug-likeness (QED) is 0.396. The molecule has 3 aromatic rings. The van der Waals surface area contributed by atoms with Gasteiger partial charge in [-0.15, -0.1) is 0 Å². The second-order valence-electron chi connectivity index (χ2n) is 7.31. The van der Waals surface area contributed by atoms with Crippen molar-refractivity contribution in [1.82, 2.24) is 20.3 Å². The van der Waals surface area contributed by atoms with E-state index in [1.54, 1.807) is 50.7 Å². The molecule has 2 aromatic heterocycles. The number of carbonyl (C=O) groups is 1. The van der Waals surface area contributed by atoms with E-state index < -0.39 is 13.0 Å². The fourth-order valence-corrected chi connectivity index (χ4v) is 3.21. The van der Waals surface area contributed by atoms with Crippen molar-refractivity contribution in [2.45, 2.75) is 19.3 Å². The van der Waals surface area contributed by atoms with Crippen molar-refractivity contribution in [2.75, 3.05) is 37.9 Å². The van der Waals surface area contributed by atoms with Gasteiger partial charge in [0.1, 0.15) is 23.7 Å². The Morgan fingerprint density at radius 2 is 1.79 bits per heavy atom. The number of alkyl halides is 2. The van der Waals surface area contributed by atoms with Crippen LogP contribution >= 0.6 is 13.5 Å². The first-order valence-corrected chi connectivity index (χ1v) is 10.4. The molecule has 1 atom stereocenters. The number of hydrogen-bond acceptors (Lipinski definition) is 7. The molecule has 0 bridgehead atoms. The number of nitrogens with one attached hydrogen (secondary N) is 3. The number of benzene rings is 1. The number of carbonyl (C=O) groups excluding carboxylic acids is 1. The Morgan fingerprint density at radius 1 is 1.03 bits per heavy atom. The van der Waals surface area contributed by atoms with E-state index in [1.807, 2.05) is 13.0 Å². The summed E-state index contributed by atoms with van der Waals surface area (Å²) < 4.78 is 30.1. The molecular weight excluding hydrogens is 462 g/mol. The summed E-state index contributed by atoms with van der Waals surface area (Å²) >= 11 is 0. The summed E-state index contributed by atoms with van der Waals surface area (Å²) in [7, 11) is 3.16. The molecule has 0 unspecified atom stereocenters. The van der Waals surface area contributed by atoms with E-state index in [9.17, 15) is 13.6 Å². The number of halogens is 2. The number of amides is 1. The molecule has 2 heterocycles. The average Bonchev–Trinajstić information content (AvgIpc) is 2.85. The van der Waals surface area contributed by atoms with Gasteiger partial charge in [-0.3, -0.25) is 4.79 Å². The molecular formula is C23H28F2N6O2S. The van der Waals surface area contributed by atoms with E-state index in [2.05, 4.69) is 30.9 Å². The molecule has 0 aliphatic rings. The van der Waals surface area contributed by atoms with Gasteiger partial charge >= 0.3 is 0 Å². The Balaban J connectivity index is 0.00000408. The Morgan fingerprint density at radius 3 is 2.44 bits per heavy atom. The molecule has 0 spiro atoms. The van der Waals surface area contributed by atoms with Crippen molar-refractivity contribution < 1.29 is 18.3 Å². The standard InChI is InChI=1S/C23H26F2N6O2.H2S/c1-14(17-6-4-15(23(32)26-2)8-19(17)33-3)10-27-22-9-18(30-13-31-22)16-5-7-21(28-11-16)29-12-20(24)25;/h4-9,11,13-14,20H,10,12H2,1-3H3,(H,26,32)(H,28,29)(H,27,30,31);1H2/t14-;/m1./s1. The molecule has 182 valence electrons. The van der Waals surface area contributed by atoms with Gasteiger partial charge in [0.05, 0.1) is 19.3 Å². The molecule has 0 aliphatic carbocycles. The van der Waals surface area contributed by atoms with E-state index in [-0.39, 0.29) is 25.3 Å². The summed E-state index contributed by atoms with van der Waals surface area (Å²) in [5, 5.41) is 8.46. The van der Waals surface area contributed by atoms with Gasteiger partial charge in [-0.2, -0.15) is 13.5 Å². The Bertz CT molecular complexity index is 1090. The van der Waals surface area contributed by atoms with Gasteiger partial charge in [0.15, 0.2) is 0 Å². The molecule has 3 N–H and O–H groups in total. The van der Waals surface area contributed by atoms with E-state index in [1.165, 1.54) is 6.33 Å². The van der Waals surface area contributed by atoms with Crippen molar-refractivity contribution in [3.63, 3.8) is 0 Å². The van der Waals surface area contributed by atoms with Crippen LogP contribution in [0.5, 0.6) is 5.75 Å². The number of anilines is 2. The third-order valence-electron chi connectivity index (χ3n) is 5.01. The first-order valence-electron chi connectivity index (χ1n) is 10.4. The summed E-state index contributed by atoms with van der Waals surface area (Å²) in [5.74, 6) is 1.54. The van der Waals surface area contributed by atoms with Crippen LogP contribution in [0.25, 0.3) is 11.3 Å². The predicted octanol–water partition coefficient (Wildman–Crippen LogP) is 3.91. The molecule has 11 heteroatoms. The largest absolute Gasteiger partial charge is 0.496 e. The summed E-state index contributed by atoms with van der Waals surface area (Å²) in [6, 6.07) is 10.6. The number of aromatic nitrogens is 3. The van der Waals surface area contributed by atoms with Crippen molar-refractivity contribution in [3.05, 3.63) is 60.0 Å². The number of methoxy groups -OCH3 is 1. The van der Waals surface area contributed by atoms with Gasteiger partial charge < -0.3 is 20.7 Å². The molecule has 0 radical (unpaired) electrons. The molecule has 34 heavy (non-hydrogen) atoms. The molecule has 1 amide bonds. The lowest BCUT2D eigenvalue weighted by molar-refractivity contribution is 0.0962. The molecule has 0 fully saturated rings. The monoisotopic (exact) mass is 490 g/mol. The van der Waals surface area contributed by atoms with Gasteiger partial charge in [0.25, 0.3) is 12.3 Å². The maximum absolute atomic E-state index is 12.3. The van der Waals surface area contributed by atoms with Crippen molar-refractivity contribution in [1.29, 1.82) is 0 Å². The predicted molar refractivity (Wildman–Crippen MR) is 133 cm³/mol. The summed E-state index contributed by atoms with van der Waals surface area (Å²) in [6.45, 7) is 2.16. The minimum absolute atomic E-state index is 0. The maximum Gasteiger partial charge on any atom is 0.255 e. The van der Waals surface area contributed by atoms with Crippen molar-refractivity contribution in [3.8, 4) is 17.0 Å². The minimum atomic E-state index is -2.45. The first-order chi connectivity index (χ1) is 15.9. The Labute approximate surface area is 204 Å². The topological polar surface area (TPSA) is 101 Å². The fourth-order valence-electron chi connectivity index (χ4n) is 3.21. The molecule has 8 nitrogen and oxygen atoms in total. The van der Waals surface area contributed by atoms with Crippen LogP contribution in [-0.4, -0.2) is 54.5 Å². The zero-order valence-corrected chi connectivity index (χ0v) is 20.1. The first kappa shape index (κ1) is 26.8. The second kappa shape index (κ2) is 12.7. The number of hydrogen-bond donors (Lipinski definition) is 3. The van der Waals surface area contributed by atoms with Gasteiger partial charge in [0, 0.05) is 42.9 Å². The average molecular weight is 491 g/mol.